The van der Waals surface area contributed by atoms with Crippen molar-refractivity contribution in [2.24, 2.45) is 10.7 Å². The van der Waals surface area contributed by atoms with Crippen LogP contribution in [0.1, 0.15) is 86.5 Å². The average molecular weight is 488 g/mol. The second-order valence-electron chi connectivity index (χ2n) is 10.2. The Labute approximate surface area is 212 Å². The molecule has 2 heterocycles. The zero-order valence-corrected chi connectivity index (χ0v) is 21.3. The Bertz CT molecular complexity index is 1260. The van der Waals surface area contributed by atoms with Crippen LogP contribution in [0.2, 0.25) is 0 Å². The number of hydrogen-bond donors (Lipinski definition) is 2. The highest BCUT2D eigenvalue weighted by molar-refractivity contribution is 5.99. The number of nitrogens with one attached hydrogen (secondary N) is 1. The lowest BCUT2D eigenvalue weighted by Crippen LogP contribution is -2.50. The Morgan fingerprint density at radius 2 is 1.97 bits per heavy atom. The first-order chi connectivity index (χ1) is 17.1. The fraction of sp³-hybridized carbons (Fsp3) is 0.429. The molecule has 2 aromatic carbocycles. The Balaban J connectivity index is 1.59. The van der Waals surface area contributed by atoms with Crippen LogP contribution in [0.25, 0.3) is 0 Å². The van der Waals surface area contributed by atoms with E-state index in [4.69, 9.17) is 10.5 Å². The van der Waals surface area contributed by atoms with E-state index in [-0.39, 0.29) is 36.8 Å². The number of benzene rings is 2. The van der Waals surface area contributed by atoms with Crippen molar-refractivity contribution < 1.29 is 14.3 Å². The Kier molecular flexibility index (Phi) is 6.77. The Morgan fingerprint density at radius 3 is 2.64 bits per heavy atom. The number of fused-ring (bicyclic) bond motifs is 1. The molecule has 0 spiro atoms. The molecule has 2 aromatic rings. The average Bonchev–Trinajstić information content (AvgIpc) is 2.85. The Hall–Kier alpha value is -3.86. The van der Waals surface area contributed by atoms with E-state index in [1.165, 1.54) is 4.90 Å². The van der Waals surface area contributed by atoms with Gasteiger partial charge in [0.25, 0.3) is 5.91 Å². The maximum atomic E-state index is 13.3. The van der Waals surface area contributed by atoms with E-state index in [1.54, 1.807) is 18.2 Å². The summed E-state index contributed by atoms with van der Waals surface area (Å²) in [5, 5.41) is 12.7. The van der Waals surface area contributed by atoms with Crippen molar-refractivity contribution in [1.82, 2.24) is 10.2 Å². The van der Waals surface area contributed by atoms with Crippen molar-refractivity contribution >= 4 is 17.8 Å². The Morgan fingerprint density at radius 1 is 1.25 bits per heavy atom. The molecule has 188 valence electrons. The van der Waals surface area contributed by atoms with E-state index >= 15 is 0 Å². The molecule has 0 aromatic heterocycles. The zero-order chi connectivity index (χ0) is 26.1. The lowest BCUT2D eigenvalue weighted by Gasteiger charge is -2.38. The maximum Gasteiger partial charge on any atom is 0.251 e. The van der Waals surface area contributed by atoms with Crippen molar-refractivity contribution in [3.05, 3.63) is 64.7 Å². The third kappa shape index (κ3) is 5.06. The number of nitrogens with two attached hydrogens (primary N) is 1. The monoisotopic (exact) mass is 487 g/mol. The third-order valence-corrected chi connectivity index (χ3v) is 7.13. The van der Waals surface area contributed by atoms with Gasteiger partial charge in [0.05, 0.1) is 36.2 Å². The molecule has 0 bridgehead atoms. The molecule has 2 aliphatic heterocycles. The van der Waals surface area contributed by atoms with Crippen LogP contribution in [-0.2, 0) is 11.3 Å². The number of aliphatic imine (C=N–C) groups is 1. The maximum absolute atomic E-state index is 13.3. The topological polar surface area (TPSA) is 121 Å². The summed E-state index contributed by atoms with van der Waals surface area (Å²) in [6.45, 7) is 8.12. The smallest absolute Gasteiger partial charge is 0.251 e. The third-order valence-electron chi connectivity index (χ3n) is 7.13. The summed E-state index contributed by atoms with van der Waals surface area (Å²) in [6.07, 6.45) is 2.34. The standard InChI is InChI=1S/C28H33N5O3/c1-5-28(6-2)15-24(34)33(26(30)32-28)17-19-11-18(16-29)12-20(13-19)25(35)31-22-14-27(3,4)36-23-10-8-7-9-21(22)23/h7-13,22H,5-6,14-15,17H2,1-4H3,(H2,30,32)(H,31,35)/t22-/m1/s1. The van der Waals surface area contributed by atoms with Gasteiger partial charge < -0.3 is 15.8 Å². The highest BCUT2D eigenvalue weighted by Gasteiger charge is 2.37. The molecule has 3 N–H and O–H groups in total. The molecule has 8 nitrogen and oxygen atoms in total. The number of para-hydroxylation sites is 1. The van der Waals surface area contributed by atoms with Crippen molar-refractivity contribution in [3.8, 4) is 11.8 Å². The summed E-state index contributed by atoms with van der Waals surface area (Å²) in [4.78, 5) is 32.4. The number of guanidine groups is 1. The fourth-order valence-corrected chi connectivity index (χ4v) is 5.01. The van der Waals surface area contributed by atoms with Gasteiger partial charge in [-0.15, -0.1) is 0 Å². The predicted octanol–water partition coefficient (Wildman–Crippen LogP) is 4.20. The summed E-state index contributed by atoms with van der Waals surface area (Å²) >= 11 is 0. The predicted molar refractivity (Wildman–Crippen MR) is 137 cm³/mol. The summed E-state index contributed by atoms with van der Waals surface area (Å²) in [5.74, 6) is 0.512. The van der Waals surface area contributed by atoms with E-state index in [0.717, 1.165) is 24.2 Å². The second-order valence-corrected chi connectivity index (χ2v) is 10.2. The highest BCUT2D eigenvalue weighted by atomic mass is 16.5. The van der Waals surface area contributed by atoms with Gasteiger partial charge in [0.1, 0.15) is 11.4 Å². The molecule has 0 saturated carbocycles. The van der Waals surface area contributed by atoms with Crippen molar-refractivity contribution in [1.29, 1.82) is 5.26 Å². The molecule has 36 heavy (non-hydrogen) atoms. The summed E-state index contributed by atoms with van der Waals surface area (Å²) in [7, 11) is 0. The van der Waals surface area contributed by atoms with E-state index in [1.807, 2.05) is 52.0 Å². The zero-order valence-electron chi connectivity index (χ0n) is 21.3. The molecular weight excluding hydrogens is 454 g/mol. The van der Waals surface area contributed by atoms with E-state index in [0.29, 0.717) is 23.1 Å². The van der Waals surface area contributed by atoms with Gasteiger partial charge in [0, 0.05) is 17.5 Å². The number of nitriles is 1. The van der Waals surface area contributed by atoms with E-state index in [2.05, 4.69) is 16.4 Å². The van der Waals surface area contributed by atoms with Crippen LogP contribution in [0.4, 0.5) is 0 Å². The van der Waals surface area contributed by atoms with Gasteiger partial charge in [-0.3, -0.25) is 14.5 Å². The molecule has 8 heteroatoms. The first-order valence-corrected chi connectivity index (χ1v) is 12.4. The summed E-state index contributed by atoms with van der Waals surface area (Å²) < 4.78 is 6.07. The molecule has 2 amide bonds. The lowest BCUT2D eigenvalue weighted by molar-refractivity contribution is -0.130. The van der Waals surface area contributed by atoms with Gasteiger partial charge in [-0.1, -0.05) is 32.0 Å². The number of carbonyl (C=O) groups is 2. The van der Waals surface area contributed by atoms with E-state index < -0.39 is 11.1 Å². The van der Waals surface area contributed by atoms with Crippen LogP contribution >= 0.6 is 0 Å². The van der Waals surface area contributed by atoms with E-state index in [9.17, 15) is 14.9 Å². The molecule has 0 aliphatic carbocycles. The minimum Gasteiger partial charge on any atom is -0.487 e. The first kappa shape index (κ1) is 25.2. The van der Waals surface area contributed by atoms with Crippen LogP contribution in [0.15, 0.2) is 47.5 Å². The summed E-state index contributed by atoms with van der Waals surface area (Å²) in [5.41, 5.74) is 7.54. The van der Waals surface area contributed by atoms with Crippen LogP contribution in [0, 0.1) is 11.3 Å². The van der Waals surface area contributed by atoms with Gasteiger partial charge in [-0.05, 0) is 56.5 Å². The molecule has 0 saturated heterocycles. The van der Waals surface area contributed by atoms with Crippen molar-refractivity contribution in [2.75, 3.05) is 0 Å². The van der Waals surface area contributed by atoms with Crippen LogP contribution < -0.4 is 15.8 Å². The van der Waals surface area contributed by atoms with Crippen LogP contribution in [0.3, 0.4) is 0 Å². The van der Waals surface area contributed by atoms with Gasteiger partial charge in [-0.2, -0.15) is 5.26 Å². The van der Waals surface area contributed by atoms with Crippen LogP contribution in [-0.4, -0.2) is 33.8 Å². The lowest BCUT2D eigenvalue weighted by atomic mass is 9.88. The molecule has 0 unspecified atom stereocenters. The minimum absolute atomic E-state index is 0.111. The molecule has 1 atom stereocenters. The SMILES string of the molecule is CCC1(CC)CC(=O)N(Cc2cc(C#N)cc(C(=O)N[C@@H]3CC(C)(C)Oc4ccccc43)c2)C(N)=N1. The van der Waals surface area contributed by atoms with Gasteiger partial charge >= 0.3 is 0 Å². The number of carbonyl (C=O) groups excluding carboxylic acids is 2. The van der Waals surface area contributed by atoms with Crippen molar-refractivity contribution in [3.63, 3.8) is 0 Å². The van der Waals surface area contributed by atoms with Gasteiger partial charge in [-0.25, -0.2) is 4.99 Å². The molecule has 0 radical (unpaired) electrons. The number of ether oxygens (including phenoxy) is 1. The first-order valence-electron chi connectivity index (χ1n) is 12.4. The van der Waals surface area contributed by atoms with Gasteiger partial charge in [0.2, 0.25) is 5.91 Å². The van der Waals surface area contributed by atoms with Gasteiger partial charge in [0.15, 0.2) is 5.96 Å². The number of rotatable bonds is 6. The molecule has 4 rings (SSSR count). The molecular formula is C28H33N5O3. The number of amides is 2. The highest BCUT2D eigenvalue weighted by Crippen LogP contribution is 2.39. The quantitative estimate of drug-likeness (QED) is 0.633. The fourth-order valence-electron chi connectivity index (χ4n) is 5.01. The number of nitrogens with zero attached hydrogens (tertiary/aromatic N) is 3. The second kappa shape index (κ2) is 9.65. The van der Waals surface area contributed by atoms with Crippen LogP contribution in [0.5, 0.6) is 5.75 Å². The number of hydrogen-bond acceptors (Lipinski definition) is 6. The van der Waals surface area contributed by atoms with Crippen molar-refractivity contribution in [2.45, 2.75) is 77.1 Å². The minimum atomic E-state index is -0.467. The summed E-state index contributed by atoms with van der Waals surface area (Å²) in [6, 6.07) is 14.5. The largest absolute Gasteiger partial charge is 0.487 e. The normalized spacial score (nSPS) is 20.0. The molecule has 2 aliphatic rings. The molecule has 0 fully saturated rings.